The molecule has 0 N–H and O–H groups in total. The minimum Gasteiger partial charge on any atom is -0.496 e. The summed E-state index contributed by atoms with van der Waals surface area (Å²) >= 11 is 0. The van der Waals surface area contributed by atoms with Crippen LogP contribution in [0.1, 0.15) is 34.6 Å². The standard InChI is InChI=1S/C12H13NO3/c1-7(2)13-11(14)8-5-4-6-9(16-3)10(8)12(13)15/h4-7H,1-3H3. The lowest BCUT2D eigenvalue weighted by atomic mass is 10.1. The Kier molecular flexibility index (Phi) is 2.42. The first-order chi connectivity index (χ1) is 7.57. The second-order valence-corrected chi connectivity index (χ2v) is 3.96. The van der Waals surface area contributed by atoms with Crippen molar-refractivity contribution in [2.45, 2.75) is 19.9 Å². The Hall–Kier alpha value is -1.84. The fourth-order valence-corrected chi connectivity index (χ4v) is 1.91. The predicted octanol–water partition coefficient (Wildman–Crippen LogP) is 1.70. The lowest BCUT2D eigenvalue weighted by Crippen LogP contribution is -2.35. The van der Waals surface area contributed by atoms with Gasteiger partial charge in [-0.2, -0.15) is 0 Å². The highest BCUT2D eigenvalue weighted by Crippen LogP contribution is 2.31. The Labute approximate surface area is 93.8 Å². The molecule has 0 spiro atoms. The lowest BCUT2D eigenvalue weighted by molar-refractivity contribution is 0.0608. The number of ether oxygens (including phenoxy) is 1. The van der Waals surface area contributed by atoms with Gasteiger partial charge < -0.3 is 4.74 Å². The quantitative estimate of drug-likeness (QED) is 0.711. The smallest absolute Gasteiger partial charge is 0.265 e. The van der Waals surface area contributed by atoms with E-state index in [1.807, 2.05) is 13.8 Å². The highest BCUT2D eigenvalue weighted by molar-refractivity contribution is 6.22. The molecule has 84 valence electrons. The summed E-state index contributed by atoms with van der Waals surface area (Å²) in [5.41, 5.74) is 0.807. The van der Waals surface area contributed by atoms with Gasteiger partial charge in [0.25, 0.3) is 11.8 Å². The number of nitrogens with zero attached hydrogens (tertiary/aromatic N) is 1. The van der Waals surface area contributed by atoms with E-state index in [2.05, 4.69) is 0 Å². The molecule has 0 radical (unpaired) electrons. The van der Waals surface area contributed by atoms with E-state index in [4.69, 9.17) is 4.74 Å². The van der Waals surface area contributed by atoms with Crippen molar-refractivity contribution in [3.8, 4) is 5.75 Å². The summed E-state index contributed by atoms with van der Waals surface area (Å²) in [6.45, 7) is 3.63. The van der Waals surface area contributed by atoms with Gasteiger partial charge in [0.1, 0.15) is 5.75 Å². The molecule has 1 aromatic carbocycles. The monoisotopic (exact) mass is 219 g/mol. The largest absolute Gasteiger partial charge is 0.496 e. The van der Waals surface area contributed by atoms with Gasteiger partial charge in [0.2, 0.25) is 0 Å². The second kappa shape index (κ2) is 3.63. The Morgan fingerprint density at radius 1 is 1.19 bits per heavy atom. The number of carbonyl (C=O) groups excluding carboxylic acids is 2. The van der Waals surface area contributed by atoms with E-state index in [1.165, 1.54) is 12.0 Å². The van der Waals surface area contributed by atoms with E-state index in [1.54, 1.807) is 18.2 Å². The number of hydrogen-bond donors (Lipinski definition) is 0. The van der Waals surface area contributed by atoms with Crippen molar-refractivity contribution < 1.29 is 14.3 Å². The topological polar surface area (TPSA) is 46.6 Å². The molecule has 1 heterocycles. The first-order valence-corrected chi connectivity index (χ1v) is 5.12. The minimum atomic E-state index is -0.271. The molecule has 1 aliphatic rings. The second-order valence-electron chi connectivity index (χ2n) is 3.96. The molecule has 0 bridgehead atoms. The normalized spacial score (nSPS) is 14.6. The number of fused-ring (bicyclic) bond motifs is 1. The number of amides is 2. The summed E-state index contributed by atoms with van der Waals surface area (Å²) in [6, 6.07) is 4.91. The molecule has 0 atom stereocenters. The molecule has 0 saturated heterocycles. The van der Waals surface area contributed by atoms with Crippen LogP contribution in [-0.2, 0) is 0 Å². The van der Waals surface area contributed by atoms with Crippen molar-refractivity contribution in [3.05, 3.63) is 29.3 Å². The average Bonchev–Trinajstić information content (AvgIpc) is 2.51. The summed E-state index contributed by atoms with van der Waals surface area (Å²) in [5.74, 6) is -0.0552. The molecule has 4 nitrogen and oxygen atoms in total. The highest BCUT2D eigenvalue weighted by atomic mass is 16.5. The minimum absolute atomic E-state index is 0.142. The molecule has 2 amide bonds. The van der Waals surface area contributed by atoms with Gasteiger partial charge in [0, 0.05) is 6.04 Å². The van der Waals surface area contributed by atoms with Crippen molar-refractivity contribution in [1.82, 2.24) is 4.90 Å². The van der Waals surface area contributed by atoms with E-state index < -0.39 is 0 Å². The van der Waals surface area contributed by atoms with Gasteiger partial charge in [-0.1, -0.05) is 6.07 Å². The van der Waals surface area contributed by atoms with E-state index >= 15 is 0 Å². The molecule has 2 rings (SSSR count). The van der Waals surface area contributed by atoms with Crippen LogP contribution < -0.4 is 4.74 Å². The van der Waals surface area contributed by atoms with Crippen LogP contribution in [-0.4, -0.2) is 29.9 Å². The lowest BCUT2D eigenvalue weighted by Gasteiger charge is -2.17. The summed E-state index contributed by atoms with van der Waals surface area (Å²) in [5, 5.41) is 0. The summed E-state index contributed by atoms with van der Waals surface area (Å²) in [6.07, 6.45) is 0. The molecule has 1 aromatic rings. The van der Waals surface area contributed by atoms with Gasteiger partial charge in [-0.15, -0.1) is 0 Å². The summed E-state index contributed by atoms with van der Waals surface area (Å²) < 4.78 is 5.10. The van der Waals surface area contributed by atoms with Gasteiger partial charge in [0.15, 0.2) is 0 Å². The maximum Gasteiger partial charge on any atom is 0.265 e. The molecule has 0 aromatic heterocycles. The fraction of sp³-hybridized carbons (Fsp3) is 0.333. The van der Waals surface area contributed by atoms with Crippen LogP contribution >= 0.6 is 0 Å². The third-order valence-electron chi connectivity index (χ3n) is 2.64. The molecule has 1 aliphatic heterocycles. The van der Waals surface area contributed by atoms with Crippen LogP contribution in [0.2, 0.25) is 0 Å². The molecule has 0 unspecified atom stereocenters. The van der Waals surface area contributed by atoms with Crippen LogP contribution in [0, 0.1) is 0 Å². The van der Waals surface area contributed by atoms with Crippen molar-refractivity contribution in [2.75, 3.05) is 7.11 Å². The first kappa shape index (κ1) is 10.7. The zero-order valence-corrected chi connectivity index (χ0v) is 9.48. The number of rotatable bonds is 2. The van der Waals surface area contributed by atoms with E-state index in [-0.39, 0.29) is 17.9 Å². The van der Waals surface area contributed by atoms with E-state index in [9.17, 15) is 9.59 Å². The van der Waals surface area contributed by atoms with Crippen molar-refractivity contribution in [1.29, 1.82) is 0 Å². The molecule has 0 fully saturated rings. The zero-order chi connectivity index (χ0) is 11.9. The van der Waals surface area contributed by atoms with Crippen molar-refractivity contribution >= 4 is 11.8 Å². The van der Waals surface area contributed by atoms with Crippen molar-refractivity contribution in [2.24, 2.45) is 0 Å². The number of hydrogen-bond acceptors (Lipinski definition) is 3. The van der Waals surface area contributed by atoms with Gasteiger partial charge in [-0.05, 0) is 26.0 Å². The van der Waals surface area contributed by atoms with E-state index in [0.717, 1.165) is 0 Å². The van der Waals surface area contributed by atoms with Gasteiger partial charge >= 0.3 is 0 Å². The maximum absolute atomic E-state index is 12.1. The summed E-state index contributed by atoms with van der Waals surface area (Å²) in [7, 11) is 1.49. The van der Waals surface area contributed by atoms with Gasteiger partial charge in [-0.3, -0.25) is 14.5 Å². The Morgan fingerprint density at radius 3 is 2.44 bits per heavy atom. The highest BCUT2D eigenvalue weighted by Gasteiger charge is 2.39. The van der Waals surface area contributed by atoms with E-state index in [0.29, 0.717) is 16.9 Å². The number of methoxy groups -OCH3 is 1. The van der Waals surface area contributed by atoms with Crippen LogP contribution in [0.15, 0.2) is 18.2 Å². The third-order valence-corrected chi connectivity index (χ3v) is 2.64. The summed E-state index contributed by atoms with van der Waals surface area (Å²) in [4.78, 5) is 25.3. The average molecular weight is 219 g/mol. The van der Waals surface area contributed by atoms with Crippen LogP contribution in [0.25, 0.3) is 0 Å². The third kappa shape index (κ3) is 1.30. The molecule has 0 saturated carbocycles. The number of carbonyl (C=O) groups is 2. The Bertz CT molecular complexity index is 465. The molecule has 0 aliphatic carbocycles. The fourth-order valence-electron chi connectivity index (χ4n) is 1.91. The number of benzene rings is 1. The van der Waals surface area contributed by atoms with Gasteiger partial charge in [-0.25, -0.2) is 0 Å². The van der Waals surface area contributed by atoms with Gasteiger partial charge in [0.05, 0.1) is 18.2 Å². The van der Waals surface area contributed by atoms with Crippen LogP contribution in [0.4, 0.5) is 0 Å². The Morgan fingerprint density at radius 2 is 1.88 bits per heavy atom. The predicted molar refractivity (Wildman–Crippen MR) is 58.6 cm³/mol. The molecular formula is C12H13NO3. The molecule has 16 heavy (non-hydrogen) atoms. The Balaban J connectivity index is 2.60. The first-order valence-electron chi connectivity index (χ1n) is 5.12. The molecular weight excluding hydrogens is 206 g/mol. The number of imide groups is 1. The zero-order valence-electron chi connectivity index (χ0n) is 9.48. The maximum atomic E-state index is 12.1. The van der Waals surface area contributed by atoms with Crippen LogP contribution in [0.5, 0.6) is 5.75 Å². The molecule has 4 heteroatoms. The SMILES string of the molecule is COc1cccc2c1C(=O)N(C(C)C)C2=O. The van der Waals surface area contributed by atoms with Crippen molar-refractivity contribution in [3.63, 3.8) is 0 Å². The van der Waals surface area contributed by atoms with Crippen LogP contribution in [0.3, 0.4) is 0 Å².